The topological polar surface area (TPSA) is 88.6 Å². The van der Waals surface area contributed by atoms with Gasteiger partial charge in [0.05, 0.1) is 26.2 Å². The Kier molecular flexibility index (Phi) is 8.65. The standard InChI is InChI=1S/C29H27ClFN5O3S/c1-36(2)29(37)39-16-22-7-6-20(34-22)8-10-23-14-25-27(40-23)28(33-17-32-25)35-21-9-11-26(24(30)13-21)38-15-18-4-3-5-19(31)12-18/h3-5,9,11-14,17,20,22,34H,6-7,15-16H2,1-2H3,(H,32,33,35)/t20-,22-/m1/s1. The van der Waals surface area contributed by atoms with Crippen LogP contribution in [0.4, 0.5) is 20.7 Å². The molecule has 1 aliphatic rings. The van der Waals surface area contributed by atoms with Gasteiger partial charge in [0.1, 0.15) is 31.1 Å². The SMILES string of the molecule is CN(C)C(=O)OC[C@H]1CC[C@H](C#Cc2cc3ncnc(Nc4ccc(OCc5cccc(F)c5)c(Cl)c4)c3s2)N1. The highest BCUT2D eigenvalue weighted by Crippen LogP contribution is 2.33. The van der Waals surface area contributed by atoms with Crippen LogP contribution in [0.15, 0.2) is 54.9 Å². The lowest BCUT2D eigenvalue weighted by Gasteiger charge is -2.15. The number of nitrogens with zero attached hydrogens (tertiary/aromatic N) is 3. The van der Waals surface area contributed by atoms with Crippen molar-refractivity contribution in [2.24, 2.45) is 0 Å². The number of thiophene rings is 1. The summed E-state index contributed by atoms with van der Waals surface area (Å²) in [6.45, 7) is 0.531. The number of hydrogen-bond acceptors (Lipinski definition) is 8. The second-order valence-corrected chi connectivity index (χ2v) is 10.9. The van der Waals surface area contributed by atoms with E-state index in [4.69, 9.17) is 21.1 Å². The van der Waals surface area contributed by atoms with Crippen LogP contribution in [-0.2, 0) is 11.3 Å². The van der Waals surface area contributed by atoms with Gasteiger partial charge in [-0.1, -0.05) is 35.6 Å². The average molecular weight is 580 g/mol. The highest BCUT2D eigenvalue weighted by molar-refractivity contribution is 7.20. The molecule has 0 bridgehead atoms. The maximum absolute atomic E-state index is 13.4. The number of halogens is 2. The van der Waals surface area contributed by atoms with Crippen LogP contribution in [0.25, 0.3) is 10.2 Å². The molecular weight excluding hydrogens is 553 g/mol. The summed E-state index contributed by atoms with van der Waals surface area (Å²) >= 11 is 7.96. The van der Waals surface area contributed by atoms with Crippen molar-refractivity contribution in [3.05, 3.63) is 76.1 Å². The summed E-state index contributed by atoms with van der Waals surface area (Å²) in [7, 11) is 3.32. The van der Waals surface area contributed by atoms with E-state index in [0.29, 0.717) is 28.8 Å². The molecule has 0 spiro atoms. The Balaban J connectivity index is 1.22. The Bertz CT molecular complexity index is 1580. The quantitative estimate of drug-likeness (QED) is 0.261. The number of rotatable bonds is 7. The first-order valence-corrected chi connectivity index (χ1v) is 13.8. The van der Waals surface area contributed by atoms with Crippen molar-refractivity contribution in [3.63, 3.8) is 0 Å². The molecule has 11 heteroatoms. The van der Waals surface area contributed by atoms with Gasteiger partial charge in [-0.2, -0.15) is 0 Å². The van der Waals surface area contributed by atoms with Gasteiger partial charge in [-0.3, -0.25) is 5.32 Å². The monoisotopic (exact) mass is 579 g/mol. The molecule has 0 saturated carbocycles. The predicted molar refractivity (Wildman–Crippen MR) is 155 cm³/mol. The van der Waals surface area contributed by atoms with Crippen LogP contribution in [0.3, 0.4) is 0 Å². The van der Waals surface area contributed by atoms with Crippen molar-refractivity contribution >= 4 is 50.8 Å². The number of ether oxygens (including phenoxy) is 2. The fourth-order valence-corrected chi connectivity index (χ4v) is 5.30. The maximum Gasteiger partial charge on any atom is 0.409 e. The molecule has 4 aromatic rings. The van der Waals surface area contributed by atoms with Gasteiger partial charge in [0.25, 0.3) is 0 Å². The van der Waals surface area contributed by atoms with Gasteiger partial charge in [-0.15, -0.1) is 11.3 Å². The van der Waals surface area contributed by atoms with E-state index in [1.807, 2.05) is 12.1 Å². The minimum absolute atomic E-state index is 0.0285. The van der Waals surface area contributed by atoms with Gasteiger partial charge in [-0.25, -0.2) is 19.2 Å². The summed E-state index contributed by atoms with van der Waals surface area (Å²) in [5.74, 6) is 7.37. The summed E-state index contributed by atoms with van der Waals surface area (Å²) in [6.07, 6.45) is 2.94. The van der Waals surface area contributed by atoms with Crippen LogP contribution in [-0.4, -0.2) is 53.7 Å². The van der Waals surface area contributed by atoms with Crippen LogP contribution in [0, 0.1) is 17.7 Å². The van der Waals surface area contributed by atoms with Crippen molar-refractivity contribution in [2.45, 2.75) is 31.5 Å². The first-order valence-electron chi connectivity index (χ1n) is 12.6. The van der Waals surface area contributed by atoms with Crippen LogP contribution < -0.4 is 15.4 Å². The fourth-order valence-electron chi connectivity index (χ4n) is 4.15. The third-order valence-electron chi connectivity index (χ3n) is 6.17. The molecule has 1 amide bonds. The summed E-state index contributed by atoms with van der Waals surface area (Å²) in [5, 5.41) is 7.15. The molecule has 1 aliphatic heterocycles. The molecular formula is C29H27ClFN5O3S. The second kappa shape index (κ2) is 12.5. The molecule has 0 unspecified atom stereocenters. The van der Waals surface area contributed by atoms with Crippen molar-refractivity contribution in [3.8, 4) is 17.6 Å². The highest BCUT2D eigenvalue weighted by Gasteiger charge is 2.23. The number of amides is 1. The lowest BCUT2D eigenvalue weighted by Crippen LogP contribution is -2.34. The predicted octanol–water partition coefficient (Wildman–Crippen LogP) is 5.98. The molecule has 1 fully saturated rings. The number of nitrogens with one attached hydrogen (secondary N) is 2. The van der Waals surface area contributed by atoms with Gasteiger partial charge >= 0.3 is 6.09 Å². The van der Waals surface area contributed by atoms with Gasteiger partial charge in [0.2, 0.25) is 0 Å². The van der Waals surface area contributed by atoms with Crippen molar-refractivity contribution in [1.29, 1.82) is 0 Å². The Morgan fingerprint density at radius 3 is 2.90 bits per heavy atom. The van der Waals surface area contributed by atoms with Gasteiger partial charge in [0, 0.05) is 25.8 Å². The lowest BCUT2D eigenvalue weighted by molar-refractivity contribution is 0.110. The molecule has 2 atom stereocenters. The van der Waals surface area contributed by atoms with Crippen molar-refractivity contribution < 1.29 is 18.7 Å². The Labute approximate surface area is 240 Å². The van der Waals surface area contributed by atoms with E-state index in [1.165, 1.54) is 34.7 Å². The zero-order valence-corrected chi connectivity index (χ0v) is 23.5. The van der Waals surface area contributed by atoms with Crippen LogP contribution in [0.2, 0.25) is 5.02 Å². The van der Waals surface area contributed by atoms with Crippen LogP contribution in [0.5, 0.6) is 5.75 Å². The van der Waals surface area contributed by atoms with Crippen LogP contribution >= 0.6 is 22.9 Å². The Morgan fingerprint density at radius 2 is 2.10 bits per heavy atom. The molecule has 40 heavy (non-hydrogen) atoms. The fraction of sp³-hybridized carbons (Fsp3) is 0.276. The van der Waals surface area contributed by atoms with E-state index in [9.17, 15) is 9.18 Å². The average Bonchev–Trinajstić information content (AvgIpc) is 3.57. The van der Waals surface area contributed by atoms with Crippen LogP contribution in [0.1, 0.15) is 23.3 Å². The van der Waals surface area contributed by atoms with E-state index in [0.717, 1.165) is 33.6 Å². The number of anilines is 2. The largest absolute Gasteiger partial charge is 0.487 e. The summed E-state index contributed by atoms with van der Waals surface area (Å²) in [6, 6.07) is 13.7. The normalized spacial score (nSPS) is 16.3. The Hall–Kier alpha value is -3.91. The second-order valence-electron chi connectivity index (χ2n) is 9.47. The molecule has 0 aliphatic carbocycles. The van der Waals surface area contributed by atoms with E-state index < -0.39 is 0 Å². The molecule has 0 radical (unpaired) electrons. The zero-order chi connectivity index (χ0) is 28.1. The minimum Gasteiger partial charge on any atom is -0.487 e. The number of carbonyl (C=O) groups is 1. The molecule has 2 aromatic carbocycles. The summed E-state index contributed by atoms with van der Waals surface area (Å²) in [4.78, 5) is 22.7. The van der Waals surface area contributed by atoms with Crippen molar-refractivity contribution in [1.82, 2.24) is 20.2 Å². The van der Waals surface area contributed by atoms with Gasteiger partial charge in [-0.05, 0) is 54.8 Å². The van der Waals surface area contributed by atoms with Crippen molar-refractivity contribution in [2.75, 3.05) is 26.0 Å². The number of fused-ring (bicyclic) bond motifs is 1. The lowest BCUT2D eigenvalue weighted by atomic mass is 10.2. The molecule has 1 saturated heterocycles. The van der Waals surface area contributed by atoms with Gasteiger partial charge in [0.15, 0.2) is 5.82 Å². The summed E-state index contributed by atoms with van der Waals surface area (Å²) < 4.78 is 25.3. The van der Waals surface area contributed by atoms with E-state index >= 15 is 0 Å². The molecule has 2 aromatic heterocycles. The molecule has 206 valence electrons. The Morgan fingerprint density at radius 1 is 1.23 bits per heavy atom. The number of aromatic nitrogens is 2. The third kappa shape index (κ3) is 6.99. The highest BCUT2D eigenvalue weighted by atomic mass is 35.5. The van der Waals surface area contributed by atoms with E-state index in [2.05, 4.69) is 32.4 Å². The first kappa shape index (κ1) is 27.6. The molecule has 5 rings (SSSR count). The minimum atomic E-state index is -0.348. The van der Waals surface area contributed by atoms with E-state index in [-0.39, 0.29) is 30.6 Å². The number of benzene rings is 2. The first-order chi connectivity index (χ1) is 19.3. The van der Waals surface area contributed by atoms with E-state index in [1.54, 1.807) is 38.4 Å². The number of hydrogen-bond donors (Lipinski definition) is 2. The molecule has 8 nitrogen and oxygen atoms in total. The maximum atomic E-state index is 13.4. The number of carbonyl (C=O) groups excluding carboxylic acids is 1. The third-order valence-corrected chi connectivity index (χ3v) is 7.51. The smallest absolute Gasteiger partial charge is 0.409 e. The molecule has 3 heterocycles. The van der Waals surface area contributed by atoms with Gasteiger partial charge < -0.3 is 19.7 Å². The zero-order valence-electron chi connectivity index (χ0n) is 21.9. The summed E-state index contributed by atoms with van der Waals surface area (Å²) in [5.41, 5.74) is 2.24. The molecule has 2 N–H and O–H groups in total.